The Morgan fingerprint density at radius 3 is 1.81 bits per heavy atom. The Morgan fingerprint density at radius 2 is 1.15 bits per heavy atom. The van der Waals surface area contributed by atoms with E-state index in [1.807, 2.05) is 23.5 Å². The number of rotatable bonds is 7. The van der Waals surface area contributed by atoms with Gasteiger partial charge in [0.15, 0.2) is 0 Å². The zero-order valence-electron chi connectivity index (χ0n) is 34.9. The molecule has 0 aliphatic carbocycles. The van der Waals surface area contributed by atoms with Gasteiger partial charge in [-0.3, -0.25) is 14.5 Å². The first kappa shape index (κ1) is 38.4. The van der Waals surface area contributed by atoms with E-state index in [2.05, 4.69) is 220 Å². The van der Waals surface area contributed by atoms with Crippen LogP contribution in [-0.4, -0.2) is 38.3 Å². The summed E-state index contributed by atoms with van der Waals surface area (Å²) in [5, 5.41) is 4.90. The van der Waals surface area contributed by atoms with Crippen LogP contribution in [0.5, 0.6) is 0 Å². The Balaban J connectivity index is 0.942. The van der Waals surface area contributed by atoms with Crippen molar-refractivity contribution in [3.8, 4) is 11.4 Å². The summed E-state index contributed by atoms with van der Waals surface area (Å²) in [7, 11) is 4.35. The molecule has 0 radical (unpaired) electrons. The Labute approximate surface area is 371 Å². The lowest BCUT2D eigenvalue weighted by atomic mass is 9.96. The van der Waals surface area contributed by atoms with Crippen LogP contribution in [0.25, 0.3) is 45.3 Å². The maximum atomic E-state index is 5.52. The van der Waals surface area contributed by atoms with Crippen molar-refractivity contribution in [2.45, 2.75) is 22.6 Å². The average molecular weight is 844 g/mol. The molecular formula is C54H47N6S2+. The highest BCUT2D eigenvalue weighted by Crippen LogP contribution is 2.47. The lowest BCUT2D eigenvalue weighted by Crippen LogP contribution is -2.45. The van der Waals surface area contributed by atoms with Gasteiger partial charge in [0.2, 0.25) is 0 Å². The molecule has 3 aliphatic rings. The first-order valence-corrected chi connectivity index (χ1v) is 23.1. The van der Waals surface area contributed by atoms with E-state index >= 15 is 0 Å². The lowest BCUT2D eigenvalue weighted by molar-refractivity contribution is -0.554. The SMILES string of the molecule is CN1C(=Cc2cc(=NCC3CCN(c4cc(C=C5Sc6ccccc6N5C)c5ccccc5[n+]4-c4ccccc4)CC3)n(-c3ccccc3)c3ccccc23)Sc2ccccc21. The first-order chi connectivity index (χ1) is 30.6. The molecule has 3 aliphatic heterocycles. The van der Waals surface area contributed by atoms with Crippen molar-refractivity contribution in [2.75, 3.05) is 48.4 Å². The second-order valence-corrected chi connectivity index (χ2v) is 18.4. The van der Waals surface area contributed by atoms with Crippen LogP contribution in [0, 0.1) is 5.92 Å². The number of hydrogen-bond donors (Lipinski definition) is 0. The number of thioether (sulfide) groups is 2. The highest BCUT2D eigenvalue weighted by Gasteiger charge is 2.31. The van der Waals surface area contributed by atoms with Gasteiger partial charge in [-0.15, -0.1) is 0 Å². The molecule has 11 rings (SSSR count). The smallest absolute Gasteiger partial charge is 0.282 e. The molecule has 0 saturated carbocycles. The number of anilines is 3. The molecule has 1 fully saturated rings. The van der Waals surface area contributed by atoms with E-state index in [4.69, 9.17) is 4.99 Å². The monoisotopic (exact) mass is 843 g/mol. The van der Waals surface area contributed by atoms with Crippen molar-refractivity contribution < 1.29 is 4.57 Å². The summed E-state index contributed by atoms with van der Waals surface area (Å²) in [6, 6.07) is 61.3. The van der Waals surface area contributed by atoms with Crippen LogP contribution in [0.2, 0.25) is 0 Å². The molecule has 8 heteroatoms. The number of pyridine rings is 2. The topological polar surface area (TPSA) is 30.9 Å². The number of hydrogen-bond acceptors (Lipinski definition) is 6. The third kappa shape index (κ3) is 7.07. The van der Waals surface area contributed by atoms with E-state index in [-0.39, 0.29) is 0 Å². The molecule has 6 aromatic carbocycles. The molecule has 8 aromatic rings. The fraction of sp³-hybridized carbons (Fsp3) is 0.148. The normalized spacial score (nSPS) is 16.9. The van der Waals surface area contributed by atoms with Gasteiger partial charge < -0.3 is 9.80 Å². The molecule has 0 spiro atoms. The zero-order valence-corrected chi connectivity index (χ0v) is 36.6. The minimum absolute atomic E-state index is 0.462. The predicted octanol–water partition coefficient (Wildman–Crippen LogP) is 12.0. The fourth-order valence-corrected chi connectivity index (χ4v) is 11.5. The van der Waals surface area contributed by atoms with E-state index in [1.165, 1.54) is 70.1 Å². The molecule has 0 amide bonds. The van der Waals surface area contributed by atoms with Crippen molar-refractivity contribution in [3.63, 3.8) is 0 Å². The highest BCUT2D eigenvalue weighted by atomic mass is 32.2. The summed E-state index contributed by atoms with van der Waals surface area (Å²) in [4.78, 5) is 15.3. The minimum atomic E-state index is 0.462. The van der Waals surface area contributed by atoms with Crippen molar-refractivity contribution in [2.24, 2.45) is 10.9 Å². The molecule has 304 valence electrons. The van der Waals surface area contributed by atoms with Crippen LogP contribution in [0.1, 0.15) is 24.0 Å². The predicted molar refractivity (Wildman–Crippen MR) is 261 cm³/mol. The number of benzene rings is 6. The average Bonchev–Trinajstić information content (AvgIpc) is 3.82. The van der Waals surface area contributed by atoms with Crippen molar-refractivity contribution in [1.29, 1.82) is 0 Å². The van der Waals surface area contributed by atoms with Gasteiger partial charge in [0, 0.05) is 53.0 Å². The van der Waals surface area contributed by atoms with E-state index in [9.17, 15) is 0 Å². The maximum absolute atomic E-state index is 5.52. The van der Waals surface area contributed by atoms with Crippen LogP contribution < -0.4 is 24.8 Å². The quantitative estimate of drug-likeness (QED) is 0.149. The van der Waals surface area contributed by atoms with Crippen LogP contribution >= 0.6 is 23.5 Å². The van der Waals surface area contributed by atoms with Gasteiger partial charge >= 0.3 is 0 Å². The summed E-state index contributed by atoms with van der Waals surface area (Å²) >= 11 is 3.68. The van der Waals surface area contributed by atoms with Gasteiger partial charge in [0.25, 0.3) is 5.82 Å². The fourth-order valence-electron chi connectivity index (χ4n) is 9.25. The molecule has 62 heavy (non-hydrogen) atoms. The van der Waals surface area contributed by atoms with Crippen LogP contribution in [0.4, 0.5) is 17.2 Å². The third-order valence-corrected chi connectivity index (χ3v) is 14.9. The van der Waals surface area contributed by atoms with Crippen LogP contribution in [0.15, 0.2) is 195 Å². The van der Waals surface area contributed by atoms with Gasteiger partial charge in [-0.1, -0.05) is 121 Å². The summed E-state index contributed by atoms with van der Waals surface area (Å²) in [6.45, 7) is 2.69. The summed E-state index contributed by atoms with van der Waals surface area (Å²) in [6.07, 6.45) is 6.85. The number of nitrogens with zero attached hydrogens (tertiary/aromatic N) is 6. The van der Waals surface area contributed by atoms with Gasteiger partial charge in [0.1, 0.15) is 16.7 Å². The van der Waals surface area contributed by atoms with Crippen LogP contribution in [-0.2, 0) is 0 Å². The minimum Gasteiger partial charge on any atom is -0.338 e. The summed E-state index contributed by atoms with van der Waals surface area (Å²) in [5.74, 6) is 1.69. The number of fused-ring (bicyclic) bond motifs is 4. The molecule has 2 aromatic heterocycles. The Kier molecular flexibility index (Phi) is 10.2. The van der Waals surface area contributed by atoms with Crippen LogP contribution in [0.3, 0.4) is 0 Å². The molecule has 6 nitrogen and oxygen atoms in total. The molecule has 0 unspecified atom stereocenters. The molecule has 0 bridgehead atoms. The van der Waals surface area contributed by atoms with E-state index in [0.717, 1.165) is 49.2 Å². The van der Waals surface area contributed by atoms with Crippen molar-refractivity contribution in [3.05, 3.63) is 197 Å². The van der Waals surface area contributed by atoms with Crippen molar-refractivity contribution in [1.82, 2.24) is 4.57 Å². The molecule has 0 atom stereocenters. The molecular weight excluding hydrogens is 797 g/mol. The Bertz CT molecular complexity index is 3110. The summed E-state index contributed by atoms with van der Waals surface area (Å²) in [5.41, 5.74) is 10.6. The number of para-hydroxylation sites is 6. The number of aromatic nitrogens is 2. The molecule has 0 N–H and O–H groups in total. The second kappa shape index (κ2) is 16.4. The standard InChI is InChI=1S/C54H47N6S2/c1-56-47-25-13-15-27-49(47)61-53(56)35-39-33-51(59(41-17-5-3-6-18-41)45-23-11-9-21-43(39)45)55-37-38-29-31-58(32-30-38)52-34-40(36-54-57(2)48-26-14-16-28-50(48)62-54)44-22-10-12-24-46(44)60(52)42-19-7-4-8-20-42/h3-28,33-36,38H,29-32,37H2,1-2H3/q+1. The number of piperidine rings is 1. The Hall–Kier alpha value is -6.48. The summed E-state index contributed by atoms with van der Waals surface area (Å²) < 4.78 is 4.81. The highest BCUT2D eigenvalue weighted by molar-refractivity contribution is 8.04. The van der Waals surface area contributed by atoms with Gasteiger partial charge in [-0.2, -0.15) is 4.57 Å². The first-order valence-electron chi connectivity index (χ1n) is 21.5. The Morgan fingerprint density at radius 1 is 0.597 bits per heavy atom. The zero-order chi connectivity index (χ0) is 41.6. The van der Waals surface area contributed by atoms with E-state index in [1.54, 1.807) is 0 Å². The maximum Gasteiger partial charge on any atom is 0.282 e. The molecule has 1 saturated heterocycles. The van der Waals surface area contributed by atoms with Gasteiger partial charge in [-0.25, -0.2) is 0 Å². The van der Waals surface area contributed by atoms with Gasteiger partial charge in [0.05, 0.1) is 40.0 Å². The van der Waals surface area contributed by atoms with E-state index in [0.29, 0.717) is 5.92 Å². The molecule has 5 heterocycles. The van der Waals surface area contributed by atoms with Gasteiger partial charge in [-0.05, 0) is 109 Å². The lowest BCUT2D eigenvalue weighted by Gasteiger charge is -2.29. The third-order valence-electron chi connectivity index (χ3n) is 12.5. The van der Waals surface area contributed by atoms with Crippen molar-refractivity contribution >= 4 is 74.7 Å². The van der Waals surface area contributed by atoms with E-state index < -0.39 is 0 Å². The largest absolute Gasteiger partial charge is 0.338 e. The second-order valence-electron chi connectivity index (χ2n) is 16.3.